The molecule has 0 aliphatic rings. The summed E-state index contributed by atoms with van der Waals surface area (Å²) in [6.07, 6.45) is 1.56. The van der Waals surface area contributed by atoms with Crippen LogP contribution in [0.1, 0.15) is 0 Å². The lowest BCUT2D eigenvalue weighted by Crippen LogP contribution is -2.28. The summed E-state index contributed by atoms with van der Waals surface area (Å²) < 4.78 is 27.0. The Hall–Kier alpha value is -2.51. The average molecular weight is 366 g/mol. The molecule has 2 aromatic carbocycles. The molecule has 8 heteroatoms. The SMILES string of the molecule is C=CCNC(=O)Nc1ccc(NS(=O)(=O)c2cccc(Cl)c2)cc1. The molecule has 0 saturated carbocycles. The summed E-state index contributed by atoms with van der Waals surface area (Å²) in [5.74, 6) is 0. The third kappa shape index (κ3) is 5.00. The van der Waals surface area contributed by atoms with Gasteiger partial charge in [-0.05, 0) is 42.5 Å². The van der Waals surface area contributed by atoms with Crippen molar-refractivity contribution in [2.45, 2.75) is 4.90 Å². The van der Waals surface area contributed by atoms with Crippen molar-refractivity contribution in [1.82, 2.24) is 5.32 Å². The van der Waals surface area contributed by atoms with E-state index >= 15 is 0 Å². The van der Waals surface area contributed by atoms with Crippen molar-refractivity contribution >= 4 is 39.0 Å². The summed E-state index contributed by atoms with van der Waals surface area (Å²) in [6, 6.07) is 11.9. The number of sulfonamides is 1. The van der Waals surface area contributed by atoms with Gasteiger partial charge in [-0.1, -0.05) is 23.7 Å². The molecule has 0 unspecified atom stereocenters. The monoisotopic (exact) mass is 365 g/mol. The minimum atomic E-state index is -3.73. The van der Waals surface area contributed by atoms with E-state index in [1.54, 1.807) is 42.5 Å². The molecule has 0 spiro atoms. The molecule has 0 aromatic heterocycles. The third-order valence-corrected chi connectivity index (χ3v) is 4.52. The molecule has 0 atom stereocenters. The van der Waals surface area contributed by atoms with E-state index in [2.05, 4.69) is 21.9 Å². The Balaban J connectivity index is 2.06. The average Bonchev–Trinajstić information content (AvgIpc) is 2.54. The molecular formula is C16H16ClN3O3S. The standard InChI is InChI=1S/C16H16ClN3O3S/c1-2-10-18-16(21)19-13-6-8-14(9-7-13)20-24(22,23)15-5-3-4-12(17)11-15/h2-9,11,20H,1,10H2,(H2,18,19,21). The maximum absolute atomic E-state index is 12.3. The van der Waals surface area contributed by atoms with Crippen LogP contribution in [0.15, 0.2) is 66.1 Å². The Kier molecular flexibility index (Phi) is 5.83. The zero-order valence-corrected chi connectivity index (χ0v) is 14.2. The van der Waals surface area contributed by atoms with Crippen molar-refractivity contribution < 1.29 is 13.2 Å². The molecule has 0 bridgehead atoms. The number of carbonyl (C=O) groups excluding carboxylic acids is 1. The van der Waals surface area contributed by atoms with E-state index in [0.29, 0.717) is 22.9 Å². The highest BCUT2D eigenvalue weighted by atomic mass is 35.5. The second-order valence-electron chi connectivity index (χ2n) is 4.76. The van der Waals surface area contributed by atoms with Gasteiger partial charge in [0.1, 0.15) is 0 Å². The first-order chi connectivity index (χ1) is 11.4. The Labute approximate surface area is 145 Å². The van der Waals surface area contributed by atoms with Crippen LogP contribution in [0.25, 0.3) is 0 Å². The second-order valence-corrected chi connectivity index (χ2v) is 6.88. The van der Waals surface area contributed by atoms with E-state index in [4.69, 9.17) is 11.6 Å². The van der Waals surface area contributed by atoms with Crippen LogP contribution in [0.4, 0.5) is 16.2 Å². The second kappa shape index (κ2) is 7.85. The fourth-order valence-corrected chi connectivity index (χ4v) is 3.17. The van der Waals surface area contributed by atoms with E-state index in [1.165, 1.54) is 12.1 Å². The van der Waals surface area contributed by atoms with Crippen LogP contribution < -0.4 is 15.4 Å². The zero-order valence-electron chi connectivity index (χ0n) is 12.6. The van der Waals surface area contributed by atoms with E-state index in [9.17, 15) is 13.2 Å². The van der Waals surface area contributed by atoms with Crippen LogP contribution in [0.2, 0.25) is 5.02 Å². The van der Waals surface area contributed by atoms with Crippen LogP contribution in [0.3, 0.4) is 0 Å². The molecule has 0 aliphatic heterocycles. The molecule has 3 N–H and O–H groups in total. The maximum atomic E-state index is 12.3. The summed E-state index contributed by atoms with van der Waals surface area (Å²) in [7, 11) is -3.73. The fourth-order valence-electron chi connectivity index (χ4n) is 1.81. The molecule has 24 heavy (non-hydrogen) atoms. The third-order valence-electron chi connectivity index (χ3n) is 2.91. The van der Waals surface area contributed by atoms with Crippen LogP contribution in [-0.4, -0.2) is 21.0 Å². The normalized spacial score (nSPS) is 10.7. The molecule has 2 rings (SSSR count). The lowest BCUT2D eigenvalue weighted by molar-refractivity contribution is 0.253. The highest BCUT2D eigenvalue weighted by molar-refractivity contribution is 7.92. The number of amides is 2. The predicted octanol–water partition coefficient (Wildman–Crippen LogP) is 3.45. The molecule has 0 heterocycles. The molecule has 0 radical (unpaired) electrons. The number of anilines is 2. The number of nitrogens with one attached hydrogen (secondary N) is 3. The van der Waals surface area contributed by atoms with Crippen LogP contribution in [-0.2, 0) is 10.0 Å². The predicted molar refractivity (Wildman–Crippen MR) is 95.9 cm³/mol. The smallest absolute Gasteiger partial charge is 0.319 e. The van der Waals surface area contributed by atoms with Gasteiger partial charge in [0.05, 0.1) is 4.90 Å². The van der Waals surface area contributed by atoms with Crippen molar-refractivity contribution in [3.63, 3.8) is 0 Å². The van der Waals surface area contributed by atoms with Gasteiger partial charge in [-0.15, -0.1) is 6.58 Å². The first kappa shape index (κ1) is 17.8. The molecule has 0 fully saturated rings. The summed E-state index contributed by atoms with van der Waals surface area (Å²) in [5, 5.41) is 5.52. The lowest BCUT2D eigenvalue weighted by atomic mass is 10.3. The van der Waals surface area contributed by atoms with Crippen LogP contribution in [0, 0.1) is 0 Å². The summed E-state index contributed by atoms with van der Waals surface area (Å²) >= 11 is 5.81. The summed E-state index contributed by atoms with van der Waals surface area (Å²) in [4.78, 5) is 11.6. The van der Waals surface area contributed by atoms with Gasteiger partial charge < -0.3 is 10.6 Å². The number of benzene rings is 2. The number of hydrogen-bond donors (Lipinski definition) is 3. The first-order valence-electron chi connectivity index (χ1n) is 6.95. The van der Waals surface area contributed by atoms with E-state index < -0.39 is 10.0 Å². The highest BCUT2D eigenvalue weighted by Crippen LogP contribution is 2.20. The molecule has 126 valence electrons. The number of carbonyl (C=O) groups is 1. The van der Waals surface area contributed by atoms with Crippen molar-refractivity contribution in [2.24, 2.45) is 0 Å². The molecule has 2 amide bonds. The number of rotatable bonds is 6. The van der Waals surface area contributed by atoms with Gasteiger partial charge in [0, 0.05) is 22.9 Å². The number of urea groups is 1. The van der Waals surface area contributed by atoms with E-state index in [0.717, 1.165) is 0 Å². The Morgan fingerprint density at radius 1 is 1.12 bits per heavy atom. The molecule has 2 aromatic rings. The van der Waals surface area contributed by atoms with E-state index in [1.807, 2.05) is 0 Å². The van der Waals surface area contributed by atoms with Gasteiger partial charge in [0.25, 0.3) is 10.0 Å². The molecule has 0 saturated heterocycles. The molecular weight excluding hydrogens is 350 g/mol. The Morgan fingerprint density at radius 3 is 2.42 bits per heavy atom. The minimum Gasteiger partial charge on any atom is -0.334 e. The quantitative estimate of drug-likeness (QED) is 0.685. The first-order valence-corrected chi connectivity index (χ1v) is 8.81. The van der Waals surface area contributed by atoms with Crippen LogP contribution >= 0.6 is 11.6 Å². The fraction of sp³-hybridized carbons (Fsp3) is 0.0625. The number of hydrogen-bond acceptors (Lipinski definition) is 3. The van der Waals surface area contributed by atoms with Gasteiger partial charge in [-0.2, -0.15) is 0 Å². The largest absolute Gasteiger partial charge is 0.334 e. The summed E-state index contributed by atoms with van der Waals surface area (Å²) in [6.45, 7) is 3.85. The van der Waals surface area contributed by atoms with Gasteiger partial charge in [-0.25, -0.2) is 13.2 Å². The maximum Gasteiger partial charge on any atom is 0.319 e. The van der Waals surface area contributed by atoms with Gasteiger partial charge in [0.15, 0.2) is 0 Å². The van der Waals surface area contributed by atoms with E-state index in [-0.39, 0.29) is 10.9 Å². The van der Waals surface area contributed by atoms with Crippen molar-refractivity contribution in [2.75, 3.05) is 16.6 Å². The highest BCUT2D eigenvalue weighted by Gasteiger charge is 2.14. The molecule has 6 nitrogen and oxygen atoms in total. The zero-order chi connectivity index (χ0) is 17.6. The van der Waals surface area contributed by atoms with Gasteiger partial charge in [-0.3, -0.25) is 4.72 Å². The molecule has 0 aliphatic carbocycles. The van der Waals surface area contributed by atoms with Crippen molar-refractivity contribution in [3.8, 4) is 0 Å². The number of halogens is 1. The van der Waals surface area contributed by atoms with Crippen molar-refractivity contribution in [3.05, 3.63) is 66.2 Å². The van der Waals surface area contributed by atoms with Gasteiger partial charge >= 0.3 is 6.03 Å². The van der Waals surface area contributed by atoms with Crippen molar-refractivity contribution in [1.29, 1.82) is 0 Å². The minimum absolute atomic E-state index is 0.0704. The van der Waals surface area contributed by atoms with Gasteiger partial charge in [0.2, 0.25) is 0 Å². The lowest BCUT2D eigenvalue weighted by Gasteiger charge is -2.10. The van der Waals surface area contributed by atoms with Crippen LogP contribution in [0.5, 0.6) is 0 Å². The Bertz CT molecular complexity index is 836. The topological polar surface area (TPSA) is 87.3 Å². The summed E-state index contributed by atoms with van der Waals surface area (Å²) in [5.41, 5.74) is 0.897. The Morgan fingerprint density at radius 2 is 1.79 bits per heavy atom.